The number of aromatic carboxylic acids is 1. The fourth-order valence-electron chi connectivity index (χ4n) is 2.07. The molecule has 4 nitrogen and oxygen atoms in total. The smallest absolute Gasteiger partial charge is 0.335 e. The summed E-state index contributed by atoms with van der Waals surface area (Å²) in [6, 6.07) is 6.31. The van der Waals surface area contributed by atoms with Crippen molar-refractivity contribution in [2.45, 2.75) is 32.1 Å². The maximum atomic E-state index is 11.7. The molecule has 0 aromatic heterocycles. The summed E-state index contributed by atoms with van der Waals surface area (Å²) < 4.78 is 0. The van der Waals surface area contributed by atoms with Crippen LogP contribution in [0.3, 0.4) is 0 Å². The Labute approximate surface area is 106 Å². The highest BCUT2D eigenvalue weighted by Crippen LogP contribution is 2.30. The van der Waals surface area contributed by atoms with E-state index in [4.69, 9.17) is 5.11 Å². The fraction of sp³-hybridized carbons (Fsp3) is 0.429. The summed E-state index contributed by atoms with van der Waals surface area (Å²) in [5.74, 6) is -0.314. The number of nitrogens with one attached hydrogen (secondary N) is 1. The lowest BCUT2D eigenvalue weighted by Crippen LogP contribution is -2.17. The van der Waals surface area contributed by atoms with Crippen molar-refractivity contribution < 1.29 is 14.7 Å². The molecule has 96 valence electrons. The van der Waals surface area contributed by atoms with Crippen LogP contribution in [0.15, 0.2) is 24.3 Å². The molecule has 0 spiro atoms. The van der Waals surface area contributed by atoms with Crippen LogP contribution in [0.1, 0.15) is 42.5 Å². The summed E-state index contributed by atoms with van der Waals surface area (Å²) in [6.07, 6.45) is 5.21. The van der Waals surface area contributed by atoms with Crippen molar-refractivity contribution in [3.05, 3.63) is 29.8 Å². The molecule has 0 unspecified atom stereocenters. The number of amides is 1. The van der Waals surface area contributed by atoms with Crippen LogP contribution in [0.4, 0.5) is 5.69 Å². The molecule has 2 N–H and O–H groups in total. The van der Waals surface area contributed by atoms with E-state index in [-0.39, 0.29) is 11.5 Å². The van der Waals surface area contributed by atoms with Gasteiger partial charge in [-0.3, -0.25) is 4.79 Å². The van der Waals surface area contributed by atoms with Crippen LogP contribution in [-0.4, -0.2) is 17.0 Å². The number of benzene rings is 1. The third-order valence-corrected chi connectivity index (χ3v) is 3.40. The van der Waals surface area contributed by atoms with E-state index in [0.717, 1.165) is 6.42 Å². The molecule has 1 aliphatic rings. The molecule has 18 heavy (non-hydrogen) atoms. The van der Waals surface area contributed by atoms with Crippen LogP contribution in [0.2, 0.25) is 0 Å². The topological polar surface area (TPSA) is 66.4 Å². The Bertz CT molecular complexity index is 452. The molecule has 0 heterocycles. The largest absolute Gasteiger partial charge is 0.478 e. The zero-order valence-electron chi connectivity index (χ0n) is 10.2. The molecule has 1 amide bonds. The minimum absolute atomic E-state index is 0.0376. The number of carboxylic acids is 1. The van der Waals surface area contributed by atoms with Gasteiger partial charge in [0.15, 0.2) is 0 Å². The minimum Gasteiger partial charge on any atom is -0.478 e. The van der Waals surface area contributed by atoms with Crippen LogP contribution in [0.25, 0.3) is 0 Å². The highest BCUT2D eigenvalue weighted by atomic mass is 16.4. The Hall–Kier alpha value is -1.84. The van der Waals surface area contributed by atoms with Crippen molar-refractivity contribution >= 4 is 17.6 Å². The third kappa shape index (κ3) is 3.32. The summed E-state index contributed by atoms with van der Waals surface area (Å²) in [4.78, 5) is 22.5. The van der Waals surface area contributed by atoms with E-state index in [0.29, 0.717) is 18.0 Å². The van der Waals surface area contributed by atoms with Crippen LogP contribution >= 0.6 is 0 Å². The molecule has 0 aliphatic heterocycles. The Morgan fingerprint density at radius 2 is 2.11 bits per heavy atom. The van der Waals surface area contributed by atoms with Gasteiger partial charge in [-0.1, -0.05) is 25.3 Å². The predicted molar refractivity (Wildman–Crippen MR) is 68.6 cm³/mol. The first-order valence-electron chi connectivity index (χ1n) is 6.28. The summed E-state index contributed by atoms with van der Waals surface area (Å²) in [7, 11) is 0. The standard InChI is InChI=1S/C14H17NO3/c16-13(8-7-10-3-1-4-10)15-12-6-2-5-11(9-12)14(17)18/h2,5-6,9-10H,1,3-4,7-8H2,(H,15,16)(H,17,18). The predicted octanol–water partition coefficient (Wildman–Crippen LogP) is 2.90. The summed E-state index contributed by atoms with van der Waals surface area (Å²) in [5.41, 5.74) is 0.736. The van der Waals surface area contributed by atoms with Crippen molar-refractivity contribution in [3.63, 3.8) is 0 Å². The first-order chi connectivity index (χ1) is 8.65. The molecule has 0 radical (unpaired) electrons. The first-order valence-corrected chi connectivity index (χ1v) is 6.28. The third-order valence-electron chi connectivity index (χ3n) is 3.40. The molecule has 2 rings (SSSR count). The molecular formula is C14H17NO3. The maximum absolute atomic E-state index is 11.7. The van der Waals surface area contributed by atoms with Gasteiger partial charge >= 0.3 is 5.97 Å². The molecule has 1 aliphatic carbocycles. The van der Waals surface area contributed by atoms with Gasteiger partial charge < -0.3 is 10.4 Å². The van der Waals surface area contributed by atoms with Gasteiger partial charge in [0.1, 0.15) is 0 Å². The molecular weight excluding hydrogens is 230 g/mol. The van der Waals surface area contributed by atoms with Gasteiger partial charge in [0.05, 0.1) is 5.56 Å². The van der Waals surface area contributed by atoms with Crippen LogP contribution in [-0.2, 0) is 4.79 Å². The van der Waals surface area contributed by atoms with Crippen molar-refractivity contribution in [2.75, 3.05) is 5.32 Å². The Morgan fingerprint density at radius 1 is 1.33 bits per heavy atom. The number of carboxylic acid groups (broad SMARTS) is 1. The Kier molecular flexibility index (Phi) is 3.97. The first kappa shape index (κ1) is 12.6. The van der Waals surface area contributed by atoms with Gasteiger partial charge in [-0.05, 0) is 30.5 Å². The second-order valence-corrected chi connectivity index (χ2v) is 4.77. The lowest BCUT2D eigenvalue weighted by atomic mass is 9.82. The fourth-order valence-corrected chi connectivity index (χ4v) is 2.07. The van der Waals surface area contributed by atoms with E-state index in [1.54, 1.807) is 12.1 Å². The van der Waals surface area contributed by atoms with E-state index < -0.39 is 5.97 Å². The normalized spacial score (nSPS) is 14.9. The zero-order valence-corrected chi connectivity index (χ0v) is 10.2. The number of carbonyl (C=O) groups excluding carboxylic acids is 1. The molecule has 0 saturated heterocycles. The van der Waals surface area contributed by atoms with Gasteiger partial charge in [-0.15, -0.1) is 0 Å². The average molecular weight is 247 g/mol. The Balaban J connectivity index is 1.85. The molecule has 1 fully saturated rings. The molecule has 4 heteroatoms. The quantitative estimate of drug-likeness (QED) is 0.840. The van der Waals surface area contributed by atoms with Crippen molar-refractivity contribution in [1.29, 1.82) is 0 Å². The van der Waals surface area contributed by atoms with Crippen LogP contribution in [0, 0.1) is 5.92 Å². The molecule has 1 aromatic rings. The van der Waals surface area contributed by atoms with Crippen molar-refractivity contribution in [3.8, 4) is 0 Å². The van der Waals surface area contributed by atoms with E-state index in [1.807, 2.05) is 0 Å². The SMILES string of the molecule is O=C(CCC1CCC1)Nc1cccc(C(=O)O)c1. The van der Waals surface area contributed by atoms with Gasteiger partial charge in [0, 0.05) is 12.1 Å². The number of rotatable bonds is 5. The van der Waals surface area contributed by atoms with Crippen LogP contribution in [0.5, 0.6) is 0 Å². The summed E-state index contributed by atoms with van der Waals surface area (Å²) in [6.45, 7) is 0. The van der Waals surface area contributed by atoms with E-state index in [1.165, 1.54) is 31.4 Å². The van der Waals surface area contributed by atoms with Gasteiger partial charge in [-0.25, -0.2) is 4.79 Å². The Morgan fingerprint density at radius 3 is 2.72 bits per heavy atom. The highest BCUT2D eigenvalue weighted by Gasteiger charge is 2.18. The van der Waals surface area contributed by atoms with Gasteiger partial charge in [0.2, 0.25) is 5.91 Å². The van der Waals surface area contributed by atoms with E-state index in [9.17, 15) is 9.59 Å². The molecule has 1 saturated carbocycles. The number of carbonyl (C=O) groups is 2. The van der Waals surface area contributed by atoms with Crippen LogP contribution < -0.4 is 5.32 Å². The monoisotopic (exact) mass is 247 g/mol. The van der Waals surface area contributed by atoms with Gasteiger partial charge in [-0.2, -0.15) is 0 Å². The van der Waals surface area contributed by atoms with Gasteiger partial charge in [0.25, 0.3) is 0 Å². The molecule has 1 aromatic carbocycles. The second kappa shape index (κ2) is 5.67. The maximum Gasteiger partial charge on any atom is 0.335 e. The van der Waals surface area contributed by atoms with Crippen molar-refractivity contribution in [2.24, 2.45) is 5.92 Å². The summed E-state index contributed by atoms with van der Waals surface area (Å²) in [5, 5.41) is 11.6. The number of hydrogen-bond acceptors (Lipinski definition) is 2. The lowest BCUT2D eigenvalue weighted by Gasteiger charge is -2.24. The highest BCUT2D eigenvalue weighted by molar-refractivity contribution is 5.93. The molecule has 0 atom stereocenters. The second-order valence-electron chi connectivity index (χ2n) is 4.77. The zero-order chi connectivity index (χ0) is 13.0. The number of hydrogen-bond donors (Lipinski definition) is 2. The van der Waals surface area contributed by atoms with E-state index in [2.05, 4.69) is 5.32 Å². The van der Waals surface area contributed by atoms with E-state index >= 15 is 0 Å². The molecule has 0 bridgehead atoms. The minimum atomic E-state index is -0.986. The number of anilines is 1. The van der Waals surface area contributed by atoms with Crippen molar-refractivity contribution in [1.82, 2.24) is 0 Å². The summed E-state index contributed by atoms with van der Waals surface area (Å²) >= 11 is 0. The average Bonchev–Trinajstić information content (AvgIpc) is 2.27. The lowest BCUT2D eigenvalue weighted by molar-refractivity contribution is -0.116.